The molecule has 4 aromatic rings. The molecule has 0 bridgehead atoms. The average Bonchev–Trinajstić information content (AvgIpc) is 3.12. The summed E-state index contributed by atoms with van der Waals surface area (Å²) in [7, 11) is 0. The van der Waals surface area contributed by atoms with E-state index in [1.165, 1.54) is 30.3 Å². The van der Waals surface area contributed by atoms with Gasteiger partial charge >= 0.3 is 5.97 Å². The second kappa shape index (κ2) is 19.7. The number of benzene rings is 4. The number of β-amino-alcohol motifs (C(OH)–C–C–N with tert-alkyl or cyclic N) is 1. The van der Waals surface area contributed by atoms with E-state index in [1.807, 2.05) is 23.1 Å². The Morgan fingerprint density at radius 1 is 0.673 bits per heavy atom. The standard InChI is InChI=1S/C24H31FN2O3.C18H19FO3/c1-18(2)15-21-16-20(24(29)27-11-9-26(10-12-27)13-14-28)5-8-23(21)30-17-19-3-6-22(25)7-4-19;1-12(2)9-15-10-14(18(20)21)5-8-17(15)22-11-13-3-6-16(19)7-4-13/h3-8,16,18,28H,9-15,17H2,1-2H3;3-8,10,12H,9,11H2,1-2H3,(H,20,21). The van der Waals surface area contributed by atoms with Crippen LogP contribution in [0.15, 0.2) is 84.9 Å². The molecule has 1 heterocycles. The molecule has 0 radical (unpaired) electrons. The number of aliphatic hydroxyl groups is 1. The van der Waals surface area contributed by atoms with Gasteiger partial charge in [-0.15, -0.1) is 0 Å². The van der Waals surface area contributed by atoms with E-state index in [2.05, 4.69) is 32.6 Å². The van der Waals surface area contributed by atoms with E-state index in [0.29, 0.717) is 56.0 Å². The molecule has 1 saturated heterocycles. The zero-order valence-corrected chi connectivity index (χ0v) is 30.5. The molecule has 1 aliphatic rings. The van der Waals surface area contributed by atoms with Crippen LogP contribution in [0.3, 0.4) is 0 Å². The number of carbonyl (C=O) groups excluding carboxylic acids is 1. The molecule has 10 heteroatoms. The minimum absolute atomic E-state index is 0.0359. The molecule has 0 aliphatic carbocycles. The molecular formula is C42H50F2N2O6. The maximum absolute atomic E-state index is 13.1. The number of carbonyl (C=O) groups is 2. The van der Waals surface area contributed by atoms with Crippen LogP contribution in [-0.4, -0.2) is 71.2 Å². The number of hydrogen-bond donors (Lipinski definition) is 2. The summed E-state index contributed by atoms with van der Waals surface area (Å²) in [5.74, 6) is 0.779. The summed E-state index contributed by atoms with van der Waals surface area (Å²) in [6.45, 7) is 12.8. The van der Waals surface area contributed by atoms with Gasteiger partial charge in [0.1, 0.15) is 36.3 Å². The topological polar surface area (TPSA) is 99.5 Å². The first-order chi connectivity index (χ1) is 24.9. The largest absolute Gasteiger partial charge is 0.489 e. The number of aliphatic hydroxyl groups excluding tert-OH is 1. The van der Waals surface area contributed by atoms with Crippen LogP contribution < -0.4 is 9.47 Å². The van der Waals surface area contributed by atoms with Gasteiger partial charge < -0.3 is 24.6 Å². The van der Waals surface area contributed by atoms with Gasteiger partial charge in [-0.25, -0.2) is 13.6 Å². The molecule has 0 unspecified atom stereocenters. The summed E-state index contributed by atoms with van der Waals surface area (Å²) < 4.78 is 37.8. The molecule has 0 spiro atoms. The molecule has 5 rings (SSSR count). The number of nitrogens with zero attached hydrogens (tertiary/aromatic N) is 2. The van der Waals surface area contributed by atoms with Crippen molar-refractivity contribution in [1.29, 1.82) is 0 Å². The summed E-state index contributed by atoms with van der Waals surface area (Å²) in [6, 6.07) is 22.9. The number of carboxylic acids is 1. The minimum Gasteiger partial charge on any atom is -0.489 e. The van der Waals surface area contributed by atoms with Crippen molar-refractivity contribution < 1.29 is 38.1 Å². The van der Waals surface area contributed by atoms with Crippen LogP contribution in [0.4, 0.5) is 8.78 Å². The van der Waals surface area contributed by atoms with Gasteiger partial charge in [0.15, 0.2) is 0 Å². The highest BCUT2D eigenvalue weighted by atomic mass is 19.1. The highest BCUT2D eigenvalue weighted by molar-refractivity contribution is 5.94. The molecule has 4 aromatic carbocycles. The number of piperazine rings is 1. The molecule has 52 heavy (non-hydrogen) atoms. The van der Waals surface area contributed by atoms with Crippen molar-refractivity contribution in [3.8, 4) is 11.5 Å². The maximum atomic E-state index is 13.1. The lowest BCUT2D eigenvalue weighted by atomic mass is 9.99. The van der Waals surface area contributed by atoms with E-state index in [9.17, 15) is 18.4 Å². The van der Waals surface area contributed by atoms with Gasteiger partial charge in [-0.2, -0.15) is 0 Å². The molecule has 278 valence electrons. The Kier molecular flexibility index (Phi) is 15.2. The predicted octanol–water partition coefficient (Wildman–Crippen LogP) is 7.65. The third-order valence-corrected chi connectivity index (χ3v) is 8.56. The summed E-state index contributed by atoms with van der Waals surface area (Å²) in [5, 5.41) is 18.2. The van der Waals surface area contributed by atoms with E-state index in [0.717, 1.165) is 53.9 Å². The van der Waals surface area contributed by atoms with Crippen LogP contribution >= 0.6 is 0 Å². The average molecular weight is 717 g/mol. The summed E-state index contributed by atoms with van der Waals surface area (Å²) in [4.78, 5) is 28.1. The highest BCUT2D eigenvalue weighted by Gasteiger charge is 2.23. The minimum atomic E-state index is -0.949. The lowest BCUT2D eigenvalue weighted by Crippen LogP contribution is -2.49. The molecule has 0 atom stereocenters. The zero-order chi connectivity index (χ0) is 37.6. The van der Waals surface area contributed by atoms with Gasteiger partial charge in [-0.3, -0.25) is 9.69 Å². The van der Waals surface area contributed by atoms with Crippen molar-refractivity contribution in [2.24, 2.45) is 11.8 Å². The van der Waals surface area contributed by atoms with Gasteiger partial charge in [-0.1, -0.05) is 52.0 Å². The quantitative estimate of drug-likeness (QED) is 0.138. The van der Waals surface area contributed by atoms with Crippen LogP contribution in [-0.2, 0) is 26.1 Å². The monoisotopic (exact) mass is 716 g/mol. The molecule has 1 amide bonds. The molecular weight excluding hydrogens is 666 g/mol. The number of amides is 1. The fourth-order valence-electron chi connectivity index (χ4n) is 5.89. The SMILES string of the molecule is CC(C)Cc1cc(C(=O)N2CCN(CCO)CC2)ccc1OCc1ccc(F)cc1.CC(C)Cc1cc(C(=O)O)ccc1OCc1ccc(F)cc1. The first-order valence-electron chi connectivity index (χ1n) is 17.8. The first-order valence-corrected chi connectivity index (χ1v) is 17.8. The lowest BCUT2D eigenvalue weighted by molar-refractivity contribution is 0.0614. The number of carboxylic acid groups (broad SMARTS) is 1. The number of rotatable bonds is 14. The Bertz CT molecular complexity index is 1740. The van der Waals surface area contributed by atoms with Crippen molar-refractivity contribution >= 4 is 11.9 Å². The molecule has 0 saturated carbocycles. The Morgan fingerprint density at radius 3 is 1.54 bits per heavy atom. The van der Waals surface area contributed by atoms with E-state index in [4.69, 9.17) is 19.7 Å². The van der Waals surface area contributed by atoms with Gasteiger partial charge in [0.05, 0.1) is 12.2 Å². The van der Waals surface area contributed by atoms with Gasteiger partial charge in [0.25, 0.3) is 5.91 Å². The zero-order valence-electron chi connectivity index (χ0n) is 30.5. The first kappa shape index (κ1) is 40.0. The van der Waals surface area contributed by atoms with Crippen molar-refractivity contribution in [3.63, 3.8) is 0 Å². The van der Waals surface area contributed by atoms with Gasteiger partial charge in [0.2, 0.25) is 0 Å². The smallest absolute Gasteiger partial charge is 0.335 e. The lowest BCUT2D eigenvalue weighted by Gasteiger charge is -2.34. The van der Waals surface area contributed by atoms with Crippen LogP contribution in [0.25, 0.3) is 0 Å². The Balaban J connectivity index is 0.000000244. The van der Waals surface area contributed by atoms with Crippen molar-refractivity contribution in [1.82, 2.24) is 9.80 Å². The van der Waals surface area contributed by atoms with Crippen LogP contribution in [0.5, 0.6) is 11.5 Å². The molecule has 2 N–H and O–H groups in total. The Morgan fingerprint density at radius 2 is 1.12 bits per heavy atom. The highest BCUT2D eigenvalue weighted by Crippen LogP contribution is 2.26. The summed E-state index contributed by atoms with van der Waals surface area (Å²) in [5.41, 5.74) is 4.57. The van der Waals surface area contributed by atoms with E-state index < -0.39 is 5.97 Å². The normalized spacial score (nSPS) is 13.1. The Hall–Kier alpha value is -4.80. The van der Waals surface area contributed by atoms with Crippen LogP contribution in [0.1, 0.15) is 70.7 Å². The number of aromatic carboxylic acids is 1. The fourth-order valence-corrected chi connectivity index (χ4v) is 5.89. The van der Waals surface area contributed by atoms with Crippen molar-refractivity contribution in [2.75, 3.05) is 39.3 Å². The summed E-state index contributed by atoms with van der Waals surface area (Å²) in [6.07, 6.45) is 1.55. The molecule has 1 fully saturated rings. The number of hydrogen-bond acceptors (Lipinski definition) is 6. The van der Waals surface area contributed by atoms with Gasteiger partial charge in [0, 0.05) is 38.3 Å². The second-order valence-electron chi connectivity index (χ2n) is 13.8. The van der Waals surface area contributed by atoms with Crippen LogP contribution in [0, 0.1) is 23.5 Å². The molecule has 0 aromatic heterocycles. The van der Waals surface area contributed by atoms with Gasteiger partial charge in [-0.05, 0) is 108 Å². The number of ether oxygens (including phenoxy) is 2. The van der Waals surface area contributed by atoms with Crippen molar-refractivity contribution in [2.45, 2.75) is 53.8 Å². The molecule has 1 aliphatic heterocycles. The number of halogens is 2. The van der Waals surface area contributed by atoms with Crippen LogP contribution in [0.2, 0.25) is 0 Å². The van der Waals surface area contributed by atoms with E-state index >= 15 is 0 Å². The fraction of sp³-hybridized carbons (Fsp3) is 0.381. The van der Waals surface area contributed by atoms with Crippen molar-refractivity contribution in [3.05, 3.63) is 130 Å². The molecule has 8 nitrogen and oxygen atoms in total. The third-order valence-electron chi connectivity index (χ3n) is 8.56. The Labute approximate surface area is 305 Å². The third kappa shape index (κ3) is 12.5. The second-order valence-corrected chi connectivity index (χ2v) is 13.8. The predicted molar refractivity (Wildman–Crippen MR) is 198 cm³/mol. The summed E-state index contributed by atoms with van der Waals surface area (Å²) >= 11 is 0. The maximum Gasteiger partial charge on any atom is 0.335 e. The van der Waals surface area contributed by atoms with E-state index in [1.54, 1.807) is 36.4 Å². The van der Waals surface area contributed by atoms with E-state index in [-0.39, 0.29) is 29.7 Å².